The Balaban J connectivity index is 1.56. The van der Waals surface area contributed by atoms with E-state index in [9.17, 15) is 18.0 Å². The average Bonchev–Trinajstić information content (AvgIpc) is 3.57. The minimum Gasteiger partial charge on any atom is -0.497 e. The van der Waals surface area contributed by atoms with Gasteiger partial charge < -0.3 is 19.7 Å². The van der Waals surface area contributed by atoms with Crippen molar-refractivity contribution in [1.29, 1.82) is 0 Å². The summed E-state index contributed by atoms with van der Waals surface area (Å²) in [7, 11) is -0.349. The van der Waals surface area contributed by atoms with Gasteiger partial charge in [0.05, 0.1) is 18.6 Å². The van der Waals surface area contributed by atoms with Gasteiger partial charge in [0.15, 0.2) is 0 Å². The molecule has 0 spiro atoms. The number of ether oxygens (including phenoxy) is 2. The number of methoxy groups -OCH3 is 2. The number of benzene rings is 3. The Morgan fingerprint density at radius 3 is 2.17 bits per heavy atom. The minimum atomic E-state index is -3.51. The van der Waals surface area contributed by atoms with E-state index in [1.165, 1.54) is 4.31 Å². The van der Waals surface area contributed by atoms with E-state index in [1.807, 2.05) is 54.6 Å². The zero-order valence-corrected chi connectivity index (χ0v) is 25.0. The predicted octanol–water partition coefficient (Wildman–Crippen LogP) is 3.95. The highest BCUT2D eigenvalue weighted by Gasteiger charge is 2.31. The summed E-state index contributed by atoms with van der Waals surface area (Å²) >= 11 is 0. The van der Waals surface area contributed by atoms with Crippen molar-refractivity contribution in [1.82, 2.24) is 14.5 Å². The molecule has 1 fully saturated rings. The molecule has 1 N–H and O–H groups in total. The van der Waals surface area contributed by atoms with Gasteiger partial charge in [-0.2, -0.15) is 4.31 Å². The van der Waals surface area contributed by atoms with E-state index in [0.29, 0.717) is 44.0 Å². The summed E-state index contributed by atoms with van der Waals surface area (Å²) < 4.78 is 37.7. The first kappa shape index (κ1) is 31.2. The molecule has 0 radical (unpaired) electrons. The standard InChI is InChI=1S/C32H39N3O6S/c1-40-23-20-33-32(37)31(27-8-4-3-5-9-27)35(24-26-10-15-28(41-2)16-11-26)30(36)19-14-25-12-17-29(18-13-25)42(38,39)34-21-6-7-22-34/h3-5,8-13,15-18,31H,6-7,14,19-24H2,1-2H3,(H,33,37). The molecule has 1 saturated heterocycles. The van der Waals surface area contributed by atoms with Gasteiger partial charge in [-0.15, -0.1) is 0 Å². The molecule has 1 aliphatic rings. The second-order valence-electron chi connectivity index (χ2n) is 10.2. The Kier molecular flexibility index (Phi) is 11.1. The number of amides is 2. The SMILES string of the molecule is COCCNC(=O)C(c1ccccc1)N(Cc1ccc(OC)cc1)C(=O)CCc1ccc(S(=O)(=O)N2CCCC2)cc1. The van der Waals surface area contributed by atoms with Crippen LogP contribution in [0.5, 0.6) is 5.75 Å². The lowest BCUT2D eigenvalue weighted by atomic mass is 10.0. The molecule has 1 atom stereocenters. The van der Waals surface area contributed by atoms with Gasteiger partial charge in [-0.05, 0) is 60.2 Å². The molecule has 10 heteroatoms. The third-order valence-electron chi connectivity index (χ3n) is 7.37. The molecule has 4 rings (SSSR count). The van der Waals surface area contributed by atoms with E-state index >= 15 is 0 Å². The number of carbonyl (C=O) groups is 2. The van der Waals surface area contributed by atoms with Crippen LogP contribution >= 0.6 is 0 Å². The predicted molar refractivity (Wildman–Crippen MR) is 160 cm³/mol. The summed E-state index contributed by atoms with van der Waals surface area (Å²) in [5, 5.41) is 2.90. The Bertz CT molecular complexity index is 1410. The Morgan fingerprint density at radius 1 is 0.905 bits per heavy atom. The zero-order valence-electron chi connectivity index (χ0n) is 24.2. The lowest BCUT2D eigenvalue weighted by molar-refractivity contribution is -0.141. The summed E-state index contributed by atoms with van der Waals surface area (Å²) in [5.74, 6) is 0.204. The van der Waals surface area contributed by atoms with E-state index in [2.05, 4.69) is 5.32 Å². The van der Waals surface area contributed by atoms with E-state index in [0.717, 1.165) is 24.0 Å². The molecule has 2 amide bonds. The highest BCUT2D eigenvalue weighted by molar-refractivity contribution is 7.89. The summed E-state index contributed by atoms with van der Waals surface area (Å²) in [4.78, 5) is 29.3. The van der Waals surface area contributed by atoms with Crippen LogP contribution in [0.3, 0.4) is 0 Å². The quantitative estimate of drug-likeness (QED) is 0.284. The molecular weight excluding hydrogens is 554 g/mol. The summed E-state index contributed by atoms with van der Waals surface area (Å²) in [6.45, 7) is 1.97. The number of hydrogen-bond donors (Lipinski definition) is 1. The third kappa shape index (κ3) is 7.96. The van der Waals surface area contributed by atoms with Crippen molar-refractivity contribution in [3.63, 3.8) is 0 Å². The molecule has 3 aromatic rings. The van der Waals surface area contributed by atoms with Crippen LogP contribution in [0, 0.1) is 0 Å². The molecule has 42 heavy (non-hydrogen) atoms. The van der Waals surface area contributed by atoms with Gasteiger partial charge in [-0.3, -0.25) is 9.59 Å². The van der Waals surface area contributed by atoms with Crippen molar-refractivity contribution < 1.29 is 27.5 Å². The molecule has 1 unspecified atom stereocenters. The number of sulfonamides is 1. The molecule has 3 aromatic carbocycles. The maximum absolute atomic E-state index is 13.9. The normalized spacial score (nSPS) is 14.3. The van der Waals surface area contributed by atoms with Crippen LogP contribution < -0.4 is 10.1 Å². The van der Waals surface area contributed by atoms with Crippen LogP contribution in [0.1, 0.15) is 42.0 Å². The number of rotatable bonds is 14. The van der Waals surface area contributed by atoms with Crippen molar-refractivity contribution >= 4 is 21.8 Å². The minimum absolute atomic E-state index is 0.142. The highest BCUT2D eigenvalue weighted by atomic mass is 32.2. The van der Waals surface area contributed by atoms with Gasteiger partial charge in [-0.1, -0.05) is 54.6 Å². The van der Waals surface area contributed by atoms with Crippen molar-refractivity contribution in [2.75, 3.05) is 40.5 Å². The average molecular weight is 594 g/mol. The van der Waals surface area contributed by atoms with Crippen LogP contribution in [0.25, 0.3) is 0 Å². The summed E-state index contributed by atoms with van der Waals surface area (Å²) in [6, 6.07) is 22.5. The van der Waals surface area contributed by atoms with Crippen LogP contribution in [-0.4, -0.2) is 69.9 Å². The van der Waals surface area contributed by atoms with Crippen LogP contribution in [0.2, 0.25) is 0 Å². The molecule has 0 saturated carbocycles. The Morgan fingerprint density at radius 2 is 1.55 bits per heavy atom. The number of carbonyl (C=O) groups excluding carboxylic acids is 2. The number of hydrogen-bond acceptors (Lipinski definition) is 6. The molecular formula is C32H39N3O6S. The number of nitrogens with one attached hydrogen (secondary N) is 1. The smallest absolute Gasteiger partial charge is 0.247 e. The van der Waals surface area contributed by atoms with Crippen LogP contribution in [0.15, 0.2) is 83.8 Å². The second kappa shape index (κ2) is 14.9. The monoisotopic (exact) mass is 593 g/mol. The van der Waals surface area contributed by atoms with Crippen molar-refractivity contribution in [2.24, 2.45) is 0 Å². The topological polar surface area (TPSA) is 105 Å². The number of nitrogens with zero attached hydrogens (tertiary/aromatic N) is 2. The molecule has 0 aliphatic carbocycles. The number of aryl methyl sites for hydroxylation is 1. The molecule has 0 bridgehead atoms. The van der Waals surface area contributed by atoms with Gasteiger partial charge in [0.25, 0.3) is 0 Å². The lowest BCUT2D eigenvalue weighted by Crippen LogP contribution is -2.44. The van der Waals surface area contributed by atoms with Gasteiger partial charge >= 0.3 is 0 Å². The van der Waals surface area contributed by atoms with E-state index in [4.69, 9.17) is 9.47 Å². The fraction of sp³-hybridized carbons (Fsp3) is 0.375. The molecule has 0 aromatic heterocycles. The van der Waals surface area contributed by atoms with E-state index in [-0.39, 0.29) is 29.7 Å². The third-order valence-corrected chi connectivity index (χ3v) is 9.28. The fourth-order valence-electron chi connectivity index (χ4n) is 5.03. The maximum atomic E-state index is 13.9. The first-order valence-electron chi connectivity index (χ1n) is 14.2. The van der Waals surface area contributed by atoms with Crippen LogP contribution in [0.4, 0.5) is 0 Å². The van der Waals surface area contributed by atoms with Crippen molar-refractivity contribution in [3.8, 4) is 5.75 Å². The largest absolute Gasteiger partial charge is 0.497 e. The first-order chi connectivity index (χ1) is 20.3. The lowest BCUT2D eigenvalue weighted by Gasteiger charge is -2.32. The molecule has 1 aliphatic heterocycles. The highest BCUT2D eigenvalue weighted by Crippen LogP contribution is 2.26. The fourth-order valence-corrected chi connectivity index (χ4v) is 6.55. The Labute approximate surface area is 248 Å². The van der Waals surface area contributed by atoms with Crippen molar-refractivity contribution in [3.05, 3.63) is 95.6 Å². The molecule has 224 valence electrons. The van der Waals surface area contributed by atoms with Gasteiger partial charge in [-0.25, -0.2) is 8.42 Å². The molecule has 9 nitrogen and oxygen atoms in total. The maximum Gasteiger partial charge on any atom is 0.247 e. The summed E-state index contributed by atoms with van der Waals surface area (Å²) in [5.41, 5.74) is 2.39. The summed E-state index contributed by atoms with van der Waals surface area (Å²) in [6.07, 6.45) is 2.29. The first-order valence-corrected chi connectivity index (χ1v) is 15.6. The zero-order chi connectivity index (χ0) is 30.0. The molecule has 1 heterocycles. The van der Waals surface area contributed by atoms with Gasteiger partial charge in [0.1, 0.15) is 11.8 Å². The van der Waals surface area contributed by atoms with Crippen molar-refractivity contribution in [2.45, 2.75) is 43.2 Å². The van der Waals surface area contributed by atoms with E-state index in [1.54, 1.807) is 43.4 Å². The van der Waals surface area contributed by atoms with Gasteiger partial charge in [0, 0.05) is 39.7 Å². The van der Waals surface area contributed by atoms with E-state index < -0.39 is 16.1 Å². The van der Waals surface area contributed by atoms with Gasteiger partial charge in [0.2, 0.25) is 21.8 Å². The van der Waals surface area contributed by atoms with Crippen LogP contribution in [-0.2, 0) is 37.3 Å². The second-order valence-corrected chi connectivity index (χ2v) is 12.2. The Hall–Kier alpha value is -3.73.